The average Bonchev–Trinajstić information content (AvgIpc) is 2.75. The van der Waals surface area contributed by atoms with Crippen molar-refractivity contribution in [3.8, 4) is 5.75 Å². The molecule has 1 amide bonds. The zero-order valence-corrected chi connectivity index (χ0v) is 17.4. The number of nitrogens with zero attached hydrogens (tertiary/aromatic N) is 3. The lowest BCUT2D eigenvalue weighted by atomic mass is 10.2. The number of amides is 1. The van der Waals surface area contributed by atoms with Gasteiger partial charge < -0.3 is 14.4 Å². The fourth-order valence-electron chi connectivity index (χ4n) is 3.41. The van der Waals surface area contributed by atoms with Gasteiger partial charge >= 0.3 is 0 Å². The predicted octanol–water partition coefficient (Wildman–Crippen LogP) is 2.91. The van der Waals surface area contributed by atoms with E-state index in [2.05, 4.69) is 9.88 Å². The average molecular weight is 398 g/mol. The van der Waals surface area contributed by atoms with E-state index in [1.807, 2.05) is 55.1 Å². The molecule has 6 nitrogen and oxygen atoms in total. The largest absolute Gasteiger partial charge is 0.481 e. The topological polar surface area (TPSA) is 54.9 Å². The smallest absolute Gasteiger partial charge is 0.263 e. The fourth-order valence-corrected chi connectivity index (χ4v) is 3.41. The number of carbonyl (C=O) groups excluding carboxylic acids is 1. The van der Waals surface area contributed by atoms with E-state index in [4.69, 9.17) is 9.47 Å². The van der Waals surface area contributed by atoms with Gasteiger partial charge in [0.25, 0.3) is 5.91 Å². The van der Waals surface area contributed by atoms with Gasteiger partial charge in [0.1, 0.15) is 5.75 Å². The summed E-state index contributed by atoms with van der Waals surface area (Å²) in [6.45, 7) is 9.59. The minimum atomic E-state index is -0.539. The van der Waals surface area contributed by atoms with E-state index in [0.717, 1.165) is 44.8 Å². The zero-order chi connectivity index (χ0) is 20.5. The van der Waals surface area contributed by atoms with Crippen molar-refractivity contribution in [2.75, 3.05) is 39.4 Å². The molecule has 2 heterocycles. The normalized spacial score (nSPS) is 15.7. The van der Waals surface area contributed by atoms with Gasteiger partial charge in [0.05, 0.1) is 13.2 Å². The van der Waals surface area contributed by atoms with E-state index >= 15 is 0 Å². The van der Waals surface area contributed by atoms with Crippen molar-refractivity contribution in [2.45, 2.75) is 32.9 Å². The van der Waals surface area contributed by atoms with Gasteiger partial charge in [-0.2, -0.15) is 0 Å². The van der Waals surface area contributed by atoms with Crippen molar-refractivity contribution in [3.05, 3.63) is 59.9 Å². The number of rotatable bonds is 9. The maximum absolute atomic E-state index is 13.2. The molecule has 156 valence electrons. The first kappa shape index (κ1) is 21.3. The number of morpholine rings is 1. The van der Waals surface area contributed by atoms with Crippen LogP contribution >= 0.6 is 0 Å². The molecule has 29 heavy (non-hydrogen) atoms. The molecule has 1 fully saturated rings. The van der Waals surface area contributed by atoms with E-state index < -0.39 is 6.10 Å². The molecule has 2 aromatic rings. The molecule has 0 bridgehead atoms. The Kier molecular flexibility index (Phi) is 8.02. The number of ether oxygens (including phenoxy) is 2. The number of aryl methyl sites for hydroxylation is 1. The summed E-state index contributed by atoms with van der Waals surface area (Å²) in [6.07, 6.45) is 3.91. The summed E-state index contributed by atoms with van der Waals surface area (Å²) in [6, 6.07) is 11.7. The van der Waals surface area contributed by atoms with Crippen molar-refractivity contribution < 1.29 is 14.3 Å². The summed E-state index contributed by atoms with van der Waals surface area (Å²) in [5, 5.41) is 0. The molecule has 1 aromatic heterocycles. The standard InChI is InChI=1S/C23H31N3O3/c1-19-4-6-22(7-5-19)29-20(2)23(27)26(18-21-8-10-24-11-9-21)13-3-12-25-14-16-28-17-15-25/h4-11,20H,3,12-18H2,1-2H3. The predicted molar refractivity (Wildman–Crippen MR) is 113 cm³/mol. The number of aromatic nitrogens is 1. The van der Waals surface area contributed by atoms with Crippen molar-refractivity contribution in [1.29, 1.82) is 0 Å². The van der Waals surface area contributed by atoms with Gasteiger partial charge in [-0.05, 0) is 50.1 Å². The number of pyridine rings is 1. The Hall–Kier alpha value is -2.44. The number of benzene rings is 1. The first-order valence-corrected chi connectivity index (χ1v) is 10.3. The summed E-state index contributed by atoms with van der Waals surface area (Å²) >= 11 is 0. The highest BCUT2D eigenvalue weighted by Gasteiger charge is 2.22. The molecule has 1 saturated heterocycles. The molecule has 0 N–H and O–H groups in total. The molecular weight excluding hydrogens is 366 g/mol. The molecule has 1 aromatic carbocycles. The van der Waals surface area contributed by atoms with Crippen LogP contribution in [0.25, 0.3) is 0 Å². The van der Waals surface area contributed by atoms with Crippen LogP contribution < -0.4 is 4.74 Å². The second-order valence-electron chi connectivity index (χ2n) is 7.50. The molecule has 0 saturated carbocycles. The Morgan fingerprint density at radius 1 is 1.17 bits per heavy atom. The molecule has 1 aliphatic heterocycles. The Morgan fingerprint density at radius 3 is 2.55 bits per heavy atom. The van der Waals surface area contributed by atoms with Crippen LogP contribution in [0.4, 0.5) is 0 Å². The summed E-state index contributed by atoms with van der Waals surface area (Å²) in [7, 11) is 0. The minimum Gasteiger partial charge on any atom is -0.481 e. The second kappa shape index (κ2) is 10.9. The summed E-state index contributed by atoms with van der Waals surface area (Å²) in [5.41, 5.74) is 2.24. The molecule has 0 aliphatic carbocycles. The monoisotopic (exact) mass is 397 g/mol. The Morgan fingerprint density at radius 2 is 1.86 bits per heavy atom. The number of carbonyl (C=O) groups is 1. The Balaban J connectivity index is 1.60. The number of hydrogen-bond acceptors (Lipinski definition) is 5. The van der Waals surface area contributed by atoms with Crippen molar-refractivity contribution in [3.63, 3.8) is 0 Å². The van der Waals surface area contributed by atoms with Crippen LogP contribution in [0.5, 0.6) is 5.75 Å². The van der Waals surface area contributed by atoms with Gasteiger partial charge in [-0.1, -0.05) is 17.7 Å². The third kappa shape index (κ3) is 6.84. The van der Waals surface area contributed by atoms with Gasteiger partial charge in [0, 0.05) is 45.1 Å². The zero-order valence-electron chi connectivity index (χ0n) is 17.4. The summed E-state index contributed by atoms with van der Waals surface area (Å²) in [4.78, 5) is 21.5. The van der Waals surface area contributed by atoms with Gasteiger partial charge in [0.15, 0.2) is 6.10 Å². The lowest BCUT2D eigenvalue weighted by molar-refractivity contribution is -0.138. The van der Waals surface area contributed by atoms with Gasteiger partial charge in [-0.15, -0.1) is 0 Å². The van der Waals surface area contributed by atoms with Gasteiger partial charge in [-0.3, -0.25) is 14.7 Å². The van der Waals surface area contributed by atoms with Crippen LogP contribution in [-0.2, 0) is 16.1 Å². The Bertz CT molecular complexity index is 746. The molecule has 1 atom stereocenters. The third-order valence-electron chi connectivity index (χ3n) is 5.12. The quantitative estimate of drug-likeness (QED) is 0.651. The molecule has 0 radical (unpaired) electrons. The molecular formula is C23H31N3O3. The van der Waals surface area contributed by atoms with Crippen LogP contribution in [-0.4, -0.2) is 66.2 Å². The SMILES string of the molecule is Cc1ccc(OC(C)C(=O)N(CCCN2CCOCC2)Cc2ccncc2)cc1. The van der Waals surface area contributed by atoms with E-state index in [-0.39, 0.29) is 5.91 Å². The molecule has 3 rings (SSSR count). The van der Waals surface area contributed by atoms with E-state index in [9.17, 15) is 4.79 Å². The molecule has 1 unspecified atom stereocenters. The highest BCUT2D eigenvalue weighted by atomic mass is 16.5. The summed E-state index contributed by atoms with van der Waals surface area (Å²) < 4.78 is 11.3. The summed E-state index contributed by atoms with van der Waals surface area (Å²) in [5.74, 6) is 0.720. The van der Waals surface area contributed by atoms with Gasteiger partial charge in [-0.25, -0.2) is 0 Å². The first-order chi connectivity index (χ1) is 14.1. The Labute approximate surface area is 173 Å². The minimum absolute atomic E-state index is 0.00404. The first-order valence-electron chi connectivity index (χ1n) is 10.3. The van der Waals surface area contributed by atoms with E-state index in [0.29, 0.717) is 18.8 Å². The third-order valence-corrected chi connectivity index (χ3v) is 5.12. The van der Waals surface area contributed by atoms with Crippen molar-refractivity contribution in [2.24, 2.45) is 0 Å². The van der Waals surface area contributed by atoms with E-state index in [1.165, 1.54) is 5.56 Å². The molecule has 1 aliphatic rings. The van der Waals surface area contributed by atoms with Crippen LogP contribution in [0, 0.1) is 6.92 Å². The van der Waals surface area contributed by atoms with Crippen LogP contribution in [0.3, 0.4) is 0 Å². The lowest BCUT2D eigenvalue weighted by Crippen LogP contribution is -2.42. The highest BCUT2D eigenvalue weighted by molar-refractivity contribution is 5.80. The van der Waals surface area contributed by atoms with Crippen LogP contribution in [0.2, 0.25) is 0 Å². The second-order valence-corrected chi connectivity index (χ2v) is 7.50. The maximum atomic E-state index is 13.2. The van der Waals surface area contributed by atoms with Gasteiger partial charge in [0.2, 0.25) is 0 Å². The number of hydrogen-bond donors (Lipinski definition) is 0. The van der Waals surface area contributed by atoms with Crippen LogP contribution in [0.15, 0.2) is 48.8 Å². The lowest BCUT2D eigenvalue weighted by Gasteiger charge is -2.29. The van der Waals surface area contributed by atoms with E-state index in [1.54, 1.807) is 12.4 Å². The molecule has 6 heteroatoms. The van der Waals surface area contributed by atoms with Crippen LogP contribution in [0.1, 0.15) is 24.5 Å². The highest BCUT2D eigenvalue weighted by Crippen LogP contribution is 2.15. The van der Waals surface area contributed by atoms with Crippen molar-refractivity contribution >= 4 is 5.91 Å². The molecule has 0 spiro atoms. The maximum Gasteiger partial charge on any atom is 0.263 e. The fraction of sp³-hybridized carbons (Fsp3) is 0.478. The van der Waals surface area contributed by atoms with Crippen molar-refractivity contribution in [1.82, 2.24) is 14.8 Å².